The number of likely N-dealkylation sites (N-methyl/N-ethyl adjacent to an activating group) is 1. The Morgan fingerprint density at radius 2 is 1.61 bits per heavy atom. The maximum atomic E-state index is 10.0. The minimum absolute atomic E-state index is 0. The highest BCUT2D eigenvalue weighted by Gasteiger charge is 2.14. The van der Waals surface area contributed by atoms with E-state index in [1.165, 1.54) is 16.3 Å². The molecule has 0 unspecified atom stereocenters. The lowest BCUT2D eigenvalue weighted by atomic mass is 9.90. The van der Waals surface area contributed by atoms with Gasteiger partial charge >= 0.3 is 0 Å². The first-order valence-electron chi connectivity index (χ1n) is 7.68. The second kappa shape index (κ2) is 8.00. The molecule has 0 heterocycles. The lowest BCUT2D eigenvalue weighted by molar-refractivity contribution is 0.464. The van der Waals surface area contributed by atoms with Crippen molar-refractivity contribution >= 4 is 23.2 Å². The molecule has 120 valence electrons. The highest BCUT2D eigenvalue weighted by atomic mass is 35.5. The number of phenols is 1. The van der Waals surface area contributed by atoms with Crippen LogP contribution in [0.4, 0.5) is 0 Å². The number of aromatic hydroxyl groups is 1. The molecule has 2 nitrogen and oxygen atoms in total. The Hall–Kier alpha value is -2.03. The van der Waals surface area contributed by atoms with Crippen molar-refractivity contribution in [2.75, 3.05) is 13.6 Å². The summed E-state index contributed by atoms with van der Waals surface area (Å²) in [6.45, 7) is 0.882. The fraction of sp³-hybridized carbons (Fsp3) is 0.200. The third-order valence-electron chi connectivity index (χ3n) is 4.15. The first kappa shape index (κ1) is 17.3. The lowest BCUT2D eigenvalue weighted by Crippen LogP contribution is -2.19. The van der Waals surface area contributed by atoms with Crippen molar-refractivity contribution < 1.29 is 5.11 Å². The minimum Gasteiger partial charge on any atom is -0.508 e. The van der Waals surface area contributed by atoms with Gasteiger partial charge in [-0.2, -0.15) is 0 Å². The van der Waals surface area contributed by atoms with E-state index >= 15 is 0 Å². The molecule has 3 rings (SSSR count). The van der Waals surface area contributed by atoms with Crippen molar-refractivity contribution in [2.45, 2.75) is 12.3 Å². The van der Waals surface area contributed by atoms with Crippen molar-refractivity contribution in [3.63, 3.8) is 0 Å². The second-order valence-electron chi connectivity index (χ2n) is 5.69. The van der Waals surface area contributed by atoms with E-state index in [9.17, 15) is 5.11 Å². The molecule has 0 bridgehead atoms. The smallest absolute Gasteiger partial charge is 0.118 e. The van der Waals surface area contributed by atoms with Crippen molar-refractivity contribution in [1.82, 2.24) is 5.32 Å². The van der Waals surface area contributed by atoms with Crippen LogP contribution in [-0.4, -0.2) is 18.7 Å². The maximum Gasteiger partial charge on any atom is 0.118 e. The van der Waals surface area contributed by atoms with Gasteiger partial charge in [0, 0.05) is 12.5 Å². The molecule has 0 aliphatic carbocycles. The molecule has 3 aromatic rings. The Balaban J connectivity index is 0.00000192. The third-order valence-corrected chi connectivity index (χ3v) is 4.15. The Bertz CT molecular complexity index is 772. The van der Waals surface area contributed by atoms with Gasteiger partial charge in [-0.3, -0.25) is 0 Å². The van der Waals surface area contributed by atoms with Gasteiger partial charge in [-0.25, -0.2) is 0 Å². The fourth-order valence-electron chi connectivity index (χ4n) is 2.96. The van der Waals surface area contributed by atoms with Gasteiger partial charge in [-0.05, 0) is 41.4 Å². The van der Waals surface area contributed by atoms with E-state index in [2.05, 4.69) is 47.8 Å². The number of phenolic OH excluding ortho intramolecular Hbond substituents is 1. The van der Waals surface area contributed by atoms with E-state index in [0.29, 0.717) is 11.7 Å². The summed E-state index contributed by atoms with van der Waals surface area (Å²) in [6.07, 6.45) is 0.825. The molecule has 0 amide bonds. The minimum atomic E-state index is 0. The molecule has 3 heteroatoms. The average molecular weight is 328 g/mol. The van der Waals surface area contributed by atoms with Crippen LogP contribution in [0.1, 0.15) is 17.0 Å². The summed E-state index contributed by atoms with van der Waals surface area (Å²) in [6, 6.07) is 22.7. The standard InChI is InChI=1S/C20H21NO.ClH/c1-21-14-19(13-18-8-4-5-9-20(18)22)17-11-10-15-6-2-3-7-16(15)12-17;/h2-12,19,21-22H,13-14H2,1H3;1H/t19-;/m1./s1. The van der Waals surface area contributed by atoms with E-state index in [1.807, 2.05) is 25.2 Å². The molecule has 3 aromatic carbocycles. The SMILES string of the molecule is CNC[C@@H](Cc1ccccc1O)c1ccc2ccccc2c1.Cl. The molecule has 0 spiro atoms. The van der Waals surface area contributed by atoms with Gasteiger partial charge < -0.3 is 10.4 Å². The maximum absolute atomic E-state index is 10.0. The average Bonchev–Trinajstić information content (AvgIpc) is 2.56. The number of hydrogen-bond donors (Lipinski definition) is 2. The summed E-state index contributed by atoms with van der Waals surface area (Å²) in [5.74, 6) is 0.715. The summed E-state index contributed by atoms with van der Waals surface area (Å²) in [5.41, 5.74) is 2.30. The number of fused-ring (bicyclic) bond motifs is 1. The van der Waals surface area contributed by atoms with Crippen molar-refractivity contribution in [2.24, 2.45) is 0 Å². The molecule has 0 aliphatic rings. The summed E-state index contributed by atoms with van der Waals surface area (Å²) in [4.78, 5) is 0. The summed E-state index contributed by atoms with van der Waals surface area (Å²) in [5, 5.41) is 15.8. The first-order chi connectivity index (χ1) is 10.8. The zero-order valence-electron chi connectivity index (χ0n) is 13.2. The highest BCUT2D eigenvalue weighted by molar-refractivity contribution is 5.85. The van der Waals surface area contributed by atoms with E-state index in [0.717, 1.165) is 18.5 Å². The molecule has 0 saturated carbocycles. The van der Waals surface area contributed by atoms with Gasteiger partial charge in [0.15, 0.2) is 0 Å². The van der Waals surface area contributed by atoms with Crippen LogP contribution in [0.5, 0.6) is 5.75 Å². The van der Waals surface area contributed by atoms with Gasteiger partial charge in [0.05, 0.1) is 0 Å². The van der Waals surface area contributed by atoms with Crippen LogP contribution in [0.25, 0.3) is 10.8 Å². The quantitative estimate of drug-likeness (QED) is 0.722. The van der Waals surface area contributed by atoms with Crippen LogP contribution >= 0.6 is 12.4 Å². The van der Waals surface area contributed by atoms with Gasteiger partial charge in [0.25, 0.3) is 0 Å². The van der Waals surface area contributed by atoms with Crippen LogP contribution in [0.3, 0.4) is 0 Å². The van der Waals surface area contributed by atoms with E-state index in [4.69, 9.17) is 0 Å². The normalized spacial score (nSPS) is 11.9. The fourth-order valence-corrected chi connectivity index (χ4v) is 2.96. The zero-order valence-corrected chi connectivity index (χ0v) is 14.0. The highest BCUT2D eigenvalue weighted by Crippen LogP contribution is 2.27. The number of rotatable bonds is 5. The summed E-state index contributed by atoms with van der Waals surface area (Å²) < 4.78 is 0. The number of para-hydroxylation sites is 1. The topological polar surface area (TPSA) is 32.3 Å². The van der Waals surface area contributed by atoms with Crippen molar-refractivity contribution in [3.05, 3.63) is 77.9 Å². The van der Waals surface area contributed by atoms with Crippen LogP contribution in [0, 0.1) is 0 Å². The summed E-state index contributed by atoms with van der Waals surface area (Å²) >= 11 is 0. The van der Waals surface area contributed by atoms with Gasteiger partial charge in [0.1, 0.15) is 5.75 Å². The Morgan fingerprint density at radius 1 is 0.913 bits per heavy atom. The van der Waals surface area contributed by atoms with Crippen LogP contribution in [0.15, 0.2) is 66.7 Å². The van der Waals surface area contributed by atoms with Gasteiger partial charge in [0.2, 0.25) is 0 Å². The van der Waals surface area contributed by atoms with Crippen LogP contribution in [0.2, 0.25) is 0 Å². The van der Waals surface area contributed by atoms with Crippen LogP contribution in [-0.2, 0) is 6.42 Å². The van der Waals surface area contributed by atoms with Gasteiger partial charge in [-0.15, -0.1) is 12.4 Å². The second-order valence-corrected chi connectivity index (χ2v) is 5.69. The van der Waals surface area contributed by atoms with Crippen LogP contribution < -0.4 is 5.32 Å². The predicted molar refractivity (Wildman–Crippen MR) is 99.7 cm³/mol. The zero-order chi connectivity index (χ0) is 15.4. The number of benzene rings is 3. The molecule has 2 N–H and O–H groups in total. The molecular formula is C20H22ClNO. The lowest BCUT2D eigenvalue weighted by Gasteiger charge is -2.18. The molecule has 23 heavy (non-hydrogen) atoms. The first-order valence-corrected chi connectivity index (χ1v) is 7.68. The van der Waals surface area contributed by atoms with E-state index in [1.54, 1.807) is 6.07 Å². The van der Waals surface area contributed by atoms with Gasteiger partial charge in [-0.1, -0.05) is 60.7 Å². The Morgan fingerprint density at radius 3 is 2.35 bits per heavy atom. The molecule has 0 aromatic heterocycles. The largest absolute Gasteiger partial charge is 0.508 e. The monoisotopic (exact) mass is 327 g/mol. The predicted octanol–water partition coefficient (Wildman–Crippen LogP) is 4.51. The molecule has 0 radical (unpaired) electrons. The Kier molecular flexibility index (Phi) is 6.03. The molecule has 0 saturated heterocycles. The number of halogens is 1. The van der Waals surface area contributed by atoms with Crippen molar-refractivity contribution in [1.29, 1.82) is 0 Å². The molecular weight excluding hydrogens is 306 g/mol. The van der Waals surface area contributed by atoms with E-state index < -0.39 is 0 Å². The number of hydrogen-bond acceptors (Lipinski definition) is 2. The van der Waals surface area contributed by atoms with E-state index in [-0.39, 0.29) is 12.4 Å². The third kappa shape index (κ3) is 4.04. The Labute approximate surface area is 143 Å². The molecule has 0 fully saturated rings. The summed E-state index contributed by atoms with van der Waals surface area (Å²) in [7, 11) is 1.97. The molecule has 0 aliphatic heterocycles. The molecule has 1 atom stereocenters. The number of nitrogens with one attached hydrogen (secondary N) is 1. The van der Waals surface area contributed by atoms with Crippen molar-refractivity contribution in [3.8, 4) is 5.75 Å².